The second-order valence-corrected chi connectivity index (χ2v) is 5.44. The van der Waals surface area contributed by atoms with Crippen LogP contribution in [0.3, 0.4) is 0 Å². The highest BCUT2D eigenvalue weighted by Crippen LogP contribution is 2.11. The number of nitrogens with zero attached hydrogens (tertiary/aromatic N) is 2. The van der Waals surface area contributed by atoms with Crippen LogP contribution in [0.5, 0.6) is 0 Å². The first-order valence-electron chi connectivity index (χ1n) is 7.48. The quantitative estimate of drug-likeness (QED) is 0.485. The van der Waals surface area contributed by atoms with E-state index in [9.17, 15) is 9.59 Å². The summed E-state index contributed by atoms with van der Waals surface area (Å²) in [7, 11) is 0. The summed E-state index contributed by atoms with van der Waals surface area (Å²) in [5, 5.41) is 2.67. The van der Waals surface area contributed by atoms with Crippen LogP contribution in [0.4, 0.5) is 0 Å². The molecular formula is C17H21N3O2. The minimum absolute atomic E-state index is 0.365. The number of aromatic nitrogens is 2. The lowest BCUT2D eigenvalue weighted by atomic mass is 10.1. The largest absolute Gasteiger partial charge is 0.349 e. The number of Topliss-reactive ketones (excluding diaryl/α,β-unsaturated/α-hetero) is 1. The van der Waals surface area contributed by atoms with Gasteiger partial charge < -0.3 is 9.88 Å². The molecule has 0 aliphatic heterocycles. The van der Waals surface area contributed by atoms with E-state index in [1.165, 1.54) is 0 Å². The highest BCUT2D eigenvalue weighted by atomic mass is 16.2. The summed E-state index contributed by atoms with van der Waals surface area (Å²) in [5.74, 6) is 0.350. The first-order valence-corrected chi connectivity index (χ1v) is 7.48. The molecule has 1 N–H and O–H groups in total. The van der Waals surface area contributed by atoms with Gasteiger partial charge in [0.15, 0.2) is 0 Å². The molecule has 5 heteroatoms. The molecule has 5 nitrogen and oxygen atoms in total. The fourth-order valence-corrected chi connectivity index (χ4v) is 2.26. The maximum atomic E-state index is 11.9. The molecule has 0 aliphatic rings. The molecule has 0 atom stereocenters. The van der Waals surface area contributed by atoms with E-state index in [1.54, 1.807) is 30.5 Å². The molecule has 1 aromatic carbocycles. The molecule has 0 bridgehead atoms. The standard InChI is InChI=1S/C17H21N3O2/c1-13(2)16-18-10-12-20(16)11-6-9-19-17(22)15(21)14-7-4-3-5-8-14/h3-5,7-8,10,12-13H,6,9,11H2,1-2H3,(H,19,22). The summed E-state index contributed by atoms with van der Waals surface area (Å²) in [4.78, 5) is 28.0. The Morgan fingerprint density at radius 2 is 1.95 bits per heavy atom. The van der Waals surface area contributed by atoms with Crippen molar-refractivity contribution in [1.82, 2.24) is 14.9 Å². The number of imidazole rings is 1. The number of hydrogen-bond donors (Lipinski definition) is 1. The molecule has 2 rings (SSSR count). The molecule has 22 heavy (non-hydrogen) atoms. The minimum Gasteiger partial charge on any atom is -0.349 e. The first kappa shape index (κ1) is 15.9. The van der Waals surface area contributed by atoms with Crippen LogP contribution in [0.2, 0.25) is 0 Å². The van der Waals surface area contributed by atoms with Gasteiger partial charge in [-0.05, 0) is 6.42 Å². The topological polar surface area (TPSA) is 64.0 Å². The summed E-state index contributed by atoms with van der Waals surface area (Å²) < 4.78 is 2.08. The number of nitrogens with one attached hydrogen (secondary N) is 1. The number of amides is 1. The molecule has 0 aliphatic carbocycles. The number of rotatable bonds is 7. The summed E-state index contributed by atoms with van der Waals surface area (Å²) in [6.45, 7) is 5.43. The molecule has 1 aromatic heterocycles. The molecule has 0 saturated heterocycles. The SMILES string of the molecule is CC(C)c1nccn1CCCNC(=O)C(=O)c1ccccc1. The van der Waals surface area contributed by atoms with E-state index in [2.05, 4.69) is 28.7 Å². The zero-order valence-corrected chi connectivity index (χ0v) is 13.0. The lowest BCUT2D eigenvalue weighted by Crippen LogP contribution is -2.32. The second-order valence-electron chi connectivity index (χ2n) is 5.44. The van der Waals surface area contributed by atoms with Crippen LogP contribution < -0.4 is 5.32 Å². The smallest absolute Gasteiger partial charge is 0.292 e. The number of carbonyl (C=O) groups is 2. The predicted molar refractivity (Wildman–Crippen MR) is 84.7 cm³/mol. The van der Waals surface area contributed by atoms with Crippen LogP contribution in [0.1, 0.15) is 42.4 Å². The normalized spacial score (nSPS) is 10.7. The van der Waals surface area contributed by atoms with Gasteiger partial charge in [-0.3, -0.25) is 9.59 Å². The van der Waals surface area contributed by atoms with Gasteiger partial charge in [0.25, 0.3) is 5.91 Å². The Morgan fingerprint density at radius 1 is 1.23 bits per heavy atom. The van der Waals surface area contributed by atoms with Crippen LogP contribution in [0.15, 0.2) is 42.7 Å². The zero-order chi connectivity index (χ0) is 15.9. The zero-order valence-electron chi connectivity index (χ0n) is 13.0. The van der Waals surface area contributed by atoms with Crippen LogP contribution in [-0.2, 0) is 11.3 Å². The van der Waals surface area contributed by atoms with E-state index in [-0.39, 0.29) is 0 Å². The molecular weight excluding hydrogens is 278 g/mol. The number of hydrogen-bond acceptors (Lipinski definition) is 3. The second kappa shape index (κ2) is 7.54. The van der Waals surface area contributed by atoms with E-state index < -0.39 is 11.7 Å². The monoisotopic (exact) mass is 299 g/mol. The van der Waals surface area contributed by atoms with Crippen molar-refractivity contribution in [3.05, 3.63) is 54.1 Å². The lowest BCUT2D eigenvalue weighted by molar-refractivity contribution is -0.117. The summed E-state index contributed by atoms with van der Waals surface area (Å²) in [6, 6.07) is 8.58. The van der Waals surface area contributed by atoms with Crippen LogP contribution in [0, 0.1) is 0 Å². The highest BCUT2D eigenvalue weighted by Gasteiger charge is 2.14. The molecule has 0 fully saturated rings. The van der Waals surface area contributed by atoms with Crippen molar-refractivity contribution in [3.8, 4) is 0 Å². The maximum absolute atomic E-state index is 11.9. The van der Waals surface area contributed by atoms with Gasteiger partial charge in [-0.15, -0.1) is 0 Å². The highest BCUT2D eigenvalue weighted by molar-refractivity contribution is 6.42. The van der Waals surface area contributed by atoms with Crippen molar-refractivity contribution in [2.75, 3.05) is 6.54 Å². The van der Waals surface area contributed by atoms with Crippen LogP contribution in [-0.4, -0.2) is 27.8 Å². The molecule has 0 radical (unpaired) electrons. The van der Waals surface area contributed by atoms with E-state index in [0.29, 0.717) is 18.0 Å². The summed E-state index contributed by atoms with van der Waals surface area (Å²) in [6.07, 6.45) is 4.48. The molecule has 0 spiro atoms. The third kappa shape index (κ3) is 4.04. The average molecular weight is 299 g/mol. The third-order valence-corrected chi connectivity index (χ3v) is 3.37. The van der Waals surface area contributed by atoms with Gasteiger partial charge in [0, 0.05) is 37.0 Å². The molecule has 1 heterocycles. The number of carbonyl (C=O) groups excluding carboxylic acids is 2. The van der Waals surface area contributed by atoms with Crippen LogP contribution >= 0.6 is 0 Å². The van der Waals surface area contributed by atoms with E-state index in [1.807, 2.05) is 12.3 Å². The van der Waals surface area contributed by atoms with Gasteiger partial charge in [-0.2, -0.15) is 0 Å². The Balaban J connectivity index is 1.78. The average Bonchev–Trinajstić information content (AvgIpc) is 3.00. The van der Waals surface area contributed by atoms with Gasteiger partial charge in [0.05, 0.1) is 0 Å². The van der Waals surface area contributed by atoms with Crippen molar-refractivity contribution in [2.24, 2.45) is 0 Å². The number of ketones is 1. The van der Waals surface area contributed by atoms with E-state index in [4.69, 9.17) is 0 Å². The van der Waals surface area contributed by atoms with E-state index >= 15 is 0 Å². The predicted octanol–water partition coefficient (Wildman–Crippen LogP) is 2.40. The number of benzene rings is 1. The van der Waals surface area contributed by atoms with Gasteiger partial charge >= 0.3 is 0 Å². The molecule has 0 unspecified atom stereocenters. The van der Waals surface area contributed by atoms with Crippen LogP contribution in [0.25, 0.3) is 0 Å². The van der Waals surface area contributed by atoms with Crippen molar-refractivity contribution >= 4 is 11.7 Å². The third-order valence-electron chi connectivity index (χ3n) is 3.37. The van der Waals surface area contributed by atoms with Gasteiger partial charge in [-0.1, -0.05) is 44.2 Å². The Hall–Kier alpha value is -2.43. The number of aryl methyl sites for hydroxylation is 1. The van der Waals surface area contributed by atoms with Crippen molar-refractivity contribution in [3.63, 3.8) is 0 Å². The van der Waals surface area contributed by atoms with Crippen molar-refractivity contribution in [2.45, 2.75) is 32.7 Å². The van der Waals surface area contributed by atoms with E-state index in [0.717, 1.165) is 18.8 Å². The Bertz CT molecular complexity index is 632. The first-order chi connectivity index (χ1) is 10.6. The van der Waals surface area contributed by atoms with Crippen molar-refractivity contribution < 1.29 is 9.59 Å². The fraction of sp³-hybridized carbons (Fsp3) is 0.353. The van der Waals surface area contributed by atoms with Gasteiger partial charge in [0.1, 0.15) is 5.82 Å². The molecule has 1 amide bonds. The summed E-state index contributed by atoms with van der Waals surface area (Å²) in [5.41, 5.74) is 0.414. The fourth-order valence-electron chi connectivity index (χ4n) is 2.26. The van der Waals surface area contributed by atoms with Gasteiger partial charge in [-0.25, -0.2) is 4.98 Å². The summed E-state index contributed by atoms with van der Waals surface area (Å²) >= 11 is 0. The lowest BCUT2D eigenvalue weighted by Gasteiger charge is -2.10. The minimum atomic E-state index is -0.555. The Labute approximate surface area is 130 Å². The molecule has 0 saturated carbocycles. The van der Waals surface area contributed by atoms with Gasteiger partial charge in [0.2, 0.25) is 5.78 Å². The maximum Gasteiger partial charge on any atom is 0.292 e. The van der Waals surface area contributed by atoms with Crippen molar-refractivity contribution in [1.29, 1.82) is 0 Å². The Morgan fingerprint density at radius 3 is 2.64 bits per heavy atom. The Kier molecular flexibility index (Phi) is 5.47. The molecule has 116 valence electrons. The molecule has 2 aromatic rings.